The summed E-state index contributed by atoms with van der Waals surface area (Å²) in [4.78, 5) is 0.326. The maximum absolute atomic E-state index is 5.32. The maximum Gasteiger partial charge on any atom is 0.121 e. The molecule has 0 fully saturated rings. The topological polar surface area (TPSA) is 9.23 Å². The molecule has 1 unspecified atom stereocenters. The Bertz CT molecular complexity index is 604. The number of alkyl halides is 1. The van der Waals surface area contributed by atoms with Crippen molar-refractivity contribution in [2.75, 3.05) is 7.11 Å². The fourth-order valence-corrected chi connectivity index (χ4v) is 3.06. The molecular formula is C18H21BrO. The van der Waals surface area contributed by atoms with Gasteiger partial charge in [-0.2, -0.15) is 0 Å². The molecule has 0 amide bonds. The zero-order valence-electron chi connectivity index (χ0n) is 12.5. The Morgan fingerprint density at radius 1 is 1.00 bits per heavy atom. The number of methoxy groups -OCH3 is 1. The zero-order valence-corrected chi connectivity index (χ0v) is 14.1. The van der Waals surface area contributed by atoms with E-state index in [-0.39, 0.29) is 0 Å². The number of hydrogen-bond acceptors (Lipinski definition) is 1. The summed E-state index contributed by atoms with van der Waals surface area (Å²) >= 11 is 3.82. The second kappa shape index (κ2) is 6.45. The van der Waals surface area contributed by atoms with Crippen LogP contribution < -0.4 is 4.74 Å². The summed E-state index contributed by atoms with van der Waals surface area (Å²) < 4.78 is 5.32. The highest BCUT2D eigenvalue weighted by molar-refractivity contribution is 9.09. The van der Waals surface area contributed by atoms with E-state index in [4.69, 9.17) is 4.74 Å². The standard InChI is InChI=1S/C18H21BrO/c1-12-5-6-13(2)16(9-12)11-17(19)15-7-8-18(20-4)14(3)10-15/h5-10,17H,11H2,1-4H3. The Kier molecular flexibility index (Phi) is 4.87. The molecule has 0 saturated carbocycles. The molecule has 1 atom stereocenters. The first-order valence-electron chi connectivity index (χ1n) is 6.86. The Labute approximate surface area is 130 Å². The van der Waals surface area contributed by atoms with Crippen molar-refractivity contribution in [1.29, 1.82) is 0 Å². The van der Waals surface area contributed by atoms with Crippen LogP contribution in [0.1, 0.15) is 32.6 Å². The van der Waals surface area contributed by atoms with E-state index in [1.807, 2.05) is 6.07 Å². The van der Waals surface area contributed by atoms with Crippen LogP contribution in [0.5, 0.6) is 5.75 Å². The normalized spacial score (nSPS) is 12.2. The third kappa shape index (κ3) is 3.43. The van der Waals surface area contributed by atoms with Gasteiger partial charge in [0.15, 0.2) is 0 Å². The van der Waals surface area contributed by atoms with E-state index in [1.54, 1.807) is 7.11 Å². The van der Waals surface area contributed by atoms with Crippen LogP contribution in [0.15, 0.2) is 36.4 Å². The SMILES string of the molecule is COc1ccc(C(Br)Cc2cc(C)ccc2C)cc1C. The second-order valence-electron chi connectivity index (χ2n) is 5.33. The third-order valence-corrected chi connectivity index (χ3v) is 4.54. The number of hydrogen-bond donors (Lipinski definition) is 0. The van der Waals surface area contributed by atoms with Crippen molar-refractivity contribution in [3.05, 3.63) is 64.2 Å². The Balaban J connectivity index is 2.21. The number of rotatable bonds is 4. The maximum atomic E-state index is 5.32. The molecule has 2 aromatic carbocycles. The molecule has 0 aromatic heterocycles. The van der Waals surface area contributed by atoms with E-state index in [0.29, 0.717) is 4.83 Å². The van der Waals surface area contributed by atoms with Gasteiger partial charge >= 0.3 is 0 Å². The summed E-state index contributed by atoms with van der Waals surface area (Å²) in [7, 11) is 1.71. The average molecular weight is 333 g/mol. The van der Waals surface area contributed by atoms with Gasteiger partial charge in [-0.25, -0.2) is 0 Å². The zero-order chi connectivity index (χ0) is 14.7. The molecule has 0 saturated heterocycles. The van der Waals surface area contributed by atoms with E-state index in [1.165, 1.54) is 27.8 Å². The van der Waals surface area contributed by atoms with Crippen molar-refractivity contribution in [1.82, 2.24) is 0 Å². The molecule has 0 aliphatic rings. The summed E-state index contributed by atoms with van der Waals surface area (Å²) in [6.45, 7) is 6.40. The highest BCUT2D eigenvalue weighted by atomic mass is 79.9. The minimum Gasteiger partial charge on any atom is -0.496 e. The van der Waals surface area contributed by atoms with Gasteiger partial charge in [0, 0.05) is 4.83 Å². The predicted molar refractivity (Wildman–Crippen MR) is 89.0 cm³/mol. The summed E-state index contributed by atoms with van der Waals surface area (Å²) in [5, 5.41) is 0. The van der Waals surface area contributed by atoms with Gasteiger partial charge in [0.05, 0.1) is 7.11 Å². The van der Waals surface area contributed by atoms with Crippen LogP contribution in [0, 0.1) is 20.8 Å². The summed E-state index contributed by atoms with van der Waals surface area (Å²) in [5.74, 6) is 0.945. The van der Waals surface area contributed by atoms with Gasteiger partial charge < -0.3 is 4.74 Å². The fourth-order valence-electron chi connectivity index (χ4n) is 2.43. The lowest BCUT2D eigenvalue weighted by molar-refractivity contribution is 0.411. The lowest BCUT2D eigenvalue weighted by Crippen LogP contribution is -1.99. The first kappa shape index (κ1) is 15.1. The van der Waals surface area contributed by atoms with Crippen LogP contribution in [0.25, 0.3) is 0 Å². The van der Waals surface area contributed by atoms with Crippen molar-refractivity contribution in [2.45, 2.75) is 32.0 Å². The van der Waals surface area contributed by atoms with Crippen LogP contribution in [0.3, 0.4) is 0 Å². The molecule has 2 heteroatoms. The summed E-state index contributed by atoms with van der Waals surface area (Å²) in [5.41, 5.74) is 6.54. The molecule has 0 bridgehead atoms. The molecule has 106 valence electrons. The smallest absolute Gasteiger partial charge is 0.121 e. The van der Waals surface area contributed by atoms with Gasteiger partial charge in [0.2, 0.25) is 0 Å². The van der Waals surface area contributed by atoms with Gasteiger partial charge in [0.1, 0.15) is 5.75 Å². The molecule has 0 heterocycles. The van der Waals surface area contributed by atoms with E-state index >= 15 is 0 Å². The van der Waals surface area contributed by atoms with E-state index in [0.717, 1.165) is 12.2 Å². The van der Waals surface area contributed by atoms with Crippen LogP contribution in [-0.2, 0) is 6.42 Å². The molecule has 0 spiro atoms. The highest BCUT2D eigenvalue weighted by Gasteiger charge is 2.12. The monoisotopic (exact) mass is 332 g/mol. The fraction of sp³-hybridized carbons (Fsp3) is 0.333. The van der Waals surface area contributed by atoms with Gasteiger partial charge in [-0.1, -0.05) is 51.8 Å². The molecule has 0 aliphatic heterocycles. The van der Waals surface area contributed by atoms with E-state index in [2.05, 4.69) is 67.0 Å². The number of aryl methyl sites for hydroxylation is 3. The lowest BCUT2D eigenvalue weighted by Gasteiger charge is -2.15. The molecule has 0 radical (unpaired) electrons. The first-order valence-corrected chi connectivity index (χ1v) is 7.77. The molecule has 2 rings (SSSR count). The van der Waals surface area contributed by atoms with Gasteiger partial charge in [-0.05, 0) is 55.5 Å². The first-order chi connectivity index (χ1) is 9.51. The molecule has 20 heavy (non-hydrogen) atoms. The minimum absolute atomic E-state index is 0.326. The van der Waals surface area contributed by atoms with Crippen molar-refractivity contribution in [3.8, 4) is 5.75 Å². The number of ether oxygens (including phenoxy) is 1. The van der Waals surface area contributed by atoms with Crippen LogP contribution in [0.2, 0.25) is 0 Å². The average Bonchev–Trinajstić information content (AvgIpc) is 2.42. The van der Waals surface area contributed by atoms with Crippen molar-refractivity contribution in [3.63, 3.8) is 0 Å². The minimum atomic E-state index is 0.326. The second-order valence-corrected chi connectivity index (χ2v) is 6.44. The predicted octanol–water partition coefficient (Wildman–Crippen LogP) is 5.30. The van der Waals surface area contributed by atoms with Crippen LogP contribution >= 0.6 is 15.9 Å². The molecule has 2 aromatic rings. The molecule has 0 aliphatic carbocycles. The number of halogens is 1. The van der Waals surface area contributed by atoms with Crippen molar-refractivity contribution >= 4 is 15.9 Å². The summed E-state index contributed by atoms with van der Waals surface area (Å²) in [6.07, 6.45) is 0.999. The van der Waals surface area contributed by atoms with Crippen LogP contribution in [0.4, 0.5) is 0 Å². The van der Waals surface area contributed by atoms with Gasteiger partial charge in [0.25, 0.3) is 0 Å². The molecule has 0 N–H and O–H groups in total. The highest BCUT2D eigenvalue weighted by Crippen LogP contribution is 2.31. The Morgan fingerprint density at radius 3 is 2.40 bits per heavy atom. The van der Waals surface area contributed by atoms with Gasteiger partial charge in [-0.15, -0.1) is 0 Å². The summed E-state index contributed by atoms with van der Waals surface area (Å²) in [6, 6.07) is 13.0. The van der Waals surface area contributed by atoms with E-state index < -0.39 is 0 Å². The molecule has 1 nitrogen and oxygen atoms in total. The Morgan fingerprint density at radius 2 is 1.75 bits per heavy atom. The van der Waals surface area contributed by atoms with Crippen molar-refractivity contribution < 1.29 is 4.74 Å². The van der Waals surface area contributed by atoms with Gasteiger partial charge in [-0.3, -0.25) is 0 Å². The number of benzene rings is 2. The van der Waals surface area contributed by atoms with E-state index in [9.17, 15) is 0 Å². The largest absolute Gasteiger partial charge is 0.496 e. The molecular weight excluding hydrogens is 312 g/mol. The third-order valence-electron chi connectivity index (χ3n) is 3.68. The Hall–Kier alpha value is -1.28. The lowest BCUT2D eigenvalue weighted by atomic mass is 9.98. The quantitative estimate of drug-likeness (QED) is 0.690. The van der Waals surface area contributed by atoms with Crippen molar-refractivity contribution in [2.24, 2.45) is 0 Å². The van der Waals surface area contributed by atoms with Crippen LogP contribution in [-0.4, -0.2) is 7.11 Å².